The highest BCUT2D eigenvalue weighted by molar-refractivity contribution is 9.10. The number of imidazole rings is 2. The number of hydrogen-bond acceptors (Lipinski definition) is 4. The van der Waals surface area contributed by atoms with E-state index in [4.69, 9.17) is 14.7 Å². The first-order valence-corrected chi connectivity index (χ1v) is 10.7. The summed E-state index contributed by atoms with van der Waals surface area (Å²) in [4.78, 5) is 13.9. The Bertz CT molecular complexity index is 1470. The molecule has 0 spiro atoms. The Morgan fingerprint density at radius 2 is 1.91 bits per heavy atom. The van der Waals surface area contributed by atoms with Crippen molar-refractivity contribution < 1.29 is 9.13 Å². The van der Waals surface area contributed by atoms with Crippen LogP contribution in [0.3, 0.4) is 0 Å². The van der Waals surface area contributed by atoms with Crippen LogP contribution >= 0.6 is 15.9 Å². The smallest absolute Gasteiger partial charge is 0.238 e. The van der Waals surface area contributed by atoms with Crippen molar-refractivity contribution in [2.75, 3.05) is 7.11 Å². The van der Waals surface area contributed by atoms with E-state index in [2.05, 4.69) is 20.9 Å². The minimum atomic E-state index is -0.308. The molecule has 0 aliphatic heterocycles. The Balaban J connectivity index is 1.65. The van der Waals surface area contributed by atoms with Crippen LogP contribution in [0.4, 0.5) is 4.39 Å². The van der Waals surface area contributed by atoms with Crippen molar-refractivity contribution in [1.29, 1.82) is 0 Å². The van der Waals surface area contributed by atoms with Crippen LogP contribution in [0.25, 0.3) is 39.4 Å². The minimum absolute atomic E-state index is 0.308. The molecule has 0 aliphatic rings. The van der Waals surface area contributed by atoms with E-state index in [1.165, 1.54) is 6.07 Å². The van der Waals surface area contributed by atoms with Gasteiger partial charge in [-0.05, 0) is 59.3 Å². The van der Waals surface area contributed by atoms with Crippen LogP contribution in [0.5, 0.6) is 5.88 Å². The molecule has 0 fully saturated rings. The van der Waals surface area contributed by atoms with Crippen LogP contribution in [-0.2, 0) is 7.05 Å². The molecule has 0 N–H and O–H groups in total. The van der Waals surface area contributed by atoms with E-state index in [0.717, 1.165) is 45.1 Å². The number of hydrogen-bond donors (Lipinski definition) is 0. The maximum atomic E-state index is 13.7. The van der Waals surface area contributed by atoms with Gasteiger partial charge in [-0.25, -0.2) is 19.3 Å². The second kappa shape index (κ2) is 7.87. The summed E-state index contributed by atoms with van der Waals surface area (Å²) in [7, 11) is 3.55. The average molecular weight is 492 g/mol. The highest BCUT2D eigenvalue weighted by Crippen LogP contribution is 2.33. The van der Waals surface area contributed by atoms with Gasteiger partial charge < -0.3 is 13.9 Å². The van der Waals surface area contributed by atoms with Crippen molar-refractivity contribution in [2.45, 2.75) is 6.92 Å². The topological polar surface area (TPSA) is 57.8 Å². The summed E-state index contributed by atoms with van der Waals surface area (Å²) in [6.45, 7) is 1.93. The number of fused-ring (bicyclic) bond motifs is 1. The molecule has 0 radical (unpaired) electrons. The Labute approximate surface area is 192 Å². The van der Waals surface area contributed by atoms with Gasteiger partial charge in [-0.3, -0.25) is 0 Å². The van der Waals surface area contributed by atoms with E-state index in [9.17, 15) is 4.39 Å². The first-order chi connectivity index (χ1) is 15.5. The SMILES string of the molecule is COc1nc(-c2cccc3c2nc(-c2ccc(F)c(Br)c2)n3C)ccc1-n1cnc(C)c1. The quantitative estimate of drug-likeness (QED) is 0.323. The molecule has 32 heavy (non-hydrogen) atoms. The number of aromatic nitrogens is 5. The standard InChI is InChI=1S/C24H19BrFN5O/c1-14-12-31(13-27-14)21-10-9-19(28-24(21)32-3)16-5-4-6-20-22(16)29-23(30(20)2)15-7-8-18(26)17(25)11-15/h4-13H,1-3H3. The number of pyridine rings is 1. The monoisotopic (exact) mass is 491 g/mol. The molecule has 0 amide bonds. The van der Waals surface area contributed by atoms with E-state index < -0.39 is 0 Å². The zero-order chi connectivity index (χ0) is 22.4. The van der Waals surface area contributed by atoms with E-state index >= 15 is 0 Å². The zero-order valence-electron chi connectivity index (χ0n) is 17.7. The van der Waals surface area contributed by atoms with Crippen LogP contribution in [0.2, 0.25) is 0 Å². The molecule has 3 heterocycles. The predicted molar refractivity (Wildman–Crippen MR) is 125 cm³/mol. The van der Waals surface area contributed by atoms with Crippen molar-refractivity contribution in [1.82, 2.24) is 24.1 Å². The van der Waals surface area contributed by atoms with Crippen LogP contribution in [0.15, 0.2) is 65.5 Å². The van der Waals surface area contributed by atoms with Crippen molar-refractivity contribution in [3.63, 3.8) is 0 Å². The van der Waals surface area contributed by atoms with Gasteiger partial charge in [0.1, 0.15) is 17.3 Å². The molecule has 3 aromatic heterocycles. The Morgan fingerprint density at radius 1 is 1.06 bits per heavy atom. The molecule has 0 aliphatic carbocycles. The highest BCUT2D eigenvalue weighted by Gasteiger charge is 2.17. The summed E-state index contributed by atoms with van der Waals surface area (Å²) in [6.07, 6.45) is 3.66. The van der Waals surface area contributed by atoms with Crippen LogP contribution < -0.4 is 4.74 Å². The van der Waals surface area contributed by atoms with Gasteiger partial charge >= 0.3 is 0 Å². The molecule has 5 aromatic rings. The largest absolute Gasteiger partial charge is 0.479 e. The lowest BCUT2D eigenvalue weighted by molar-refractivity contribution is 0.396. The Morgan fingerprint density at radius 3 is 2.62 bits per heavy atom. The van der Waals surface area contributed by atoms with Crippen LogP contribution in [0.1, 0.15) is 5.69 Å². The van der Waals surface area contributed by atoms with Gasteiger partial charge in [0.25, 0.3) is 0 Å². The van der Waals surface area contributed by atoms with Gasteiger partial charge in [0.15, 0.2) is 0 Å². The fourth-order valence-electron chi connectivity index (χ4n) is 3.80. The molecule has 5 rings (SSSR count). The molecule has 0 saturated heterocycles. The van der Waals surface area contributed by atoms with Crippen molar-refractivity contribution in [3.8, 4) is 34.2 Å². The first-order valence-electron chi connectivity index (χ1n) is 9.93. The van der Waals surface area contributed by atoms with Crippen LogP contribution in [0, 0.1) is 12.7 Å². The predicted octanol–water partition coefficient (Wildman–Crippen LogP) is 5.71. The summed E-state index contributed by atoms with van der Waals surface area (Å²) in [5.74, 6) is 0.929. The van der Waals surface area contributed by atoms with E-state index in [1.807, 2.05) is 59.6 Å². The van der Waals surface area contributed by atoms with Gasteiger partial charge in [0.05, 0.1) is 40.3 Å². The number of rotatable bonds is 4. The number of ether oxygens (including phenoxy) is 1. The van der Waals surface area contributed by atoms with Crippen LogP contribution in [-0.4, -0.2) is 31.2 Å². The highest BCUT2D eigenvalue weighted by atomic mass is 79.9. The summed E-state index contributed by atoms with van der Waals surface area (Å²) in [5, 5.41) is 0. The molecule has 160 valence electrons. The third-order valence-corrected chi connectivity index (χ3v) is 6.00. The normalized spacial score (nSPS) is 11.3. The van der Waals surface area contributed by atoms with Crippen molar-refractivity contribution >= 4 is 27.0 Å². The maximum absolute atomic E-state index is 13.7. The molecule has 0 atom stereocenters. The lowest BCUT2D eigenvalue weighted by Gasteiger charge is -2.10. The van der Waals surface area contributed by atoms with Gasteiger partial charge in [-0.2, -0.15) is 0 Å². The second-order valence-electron chi connectivity index (χ2n) is 7.44. The number of aryl methyl sites for hydroxylation is 2. The molecular formula is C24H19BrFN5O. The number of para-hydroxylation sites is 1. The molecule has 0 unspecified atom stereocenters. The molecule has 2 aromatic carbocycles. The summed E-state index contributed by atoms with van der Waals surface area (Å²) < 4.78 is 23.6. The average Bonchev–Trinajstić information content (AvgIpc) is 3.38. The molecular weight excluding hydrogens is 473 g/mol. The number of methoxy groups -OCH3 is 1. The number of benzene rings is 2. The summed E-state index contributed by atoms with van der Waals surface area (Å²) in [6, 6.07) is 14.8. The third-order valence-electron chi connectivity index (χ3n) is 5.39. The fourth-order valence-corrected chi connectivity index (χ4v) is 4.18. The van der Waals surface area contributed by atoms with Gasteiger partial charge in [0, 0.05) is 24.4 Å². The lowest BCUT2D eigenvalue weighted by Crippen LogP contribution is -1.99. The third kappa shape index (κ3) is 3.36. The second-order valence-corrected chi connectivity index (χ2v) is 8.30. The maximum Gasteiger partial charge on any atom is 0.238 e. The van der Waals surface area contributed by atoms with E-state index in [0.29, 0.717) is 10.4 Å². The first kappa shape index (κ1) is 20.4. The molecule has 6 nitrogen and oxygen atoms in total. The number of halogens is 2. The van der Waals surface area contributed by atoms with Gasteiger partial charge in [0.2, 0.25) is 5.88 Å². The van der Waals surface area contributed by atoms with E-state index in [-0.39, 0.29) is 5.82 Å². The molecule has 8 heteroatoms. The van der Waals surface area contributed by atoms with Gasteiger partial charge in [-0.15, -0.1) is 0 Å². The van der Waals surface area contributed by atoms with Crippen molar-refractivity contribution in [3.05, 3.63) is 77.0 Å². The lowest BCUT2D eigenvalue weighted by atomic mass is 10.1. The number of nitrogens with zero attached hydrogens (tertiary/aromatic N) is 5. The Hall–Kier alpha value is -3.52. The zero-order valence-corrected chi connectivity index (χ0v) is 19.3. The van der Waals surface area contributed by atoms with E-state index in [1.54, 1.807) is 25.6 Å². The summed E-state index contributed by atoms with van der Waals surface area (Å²) >= 11 is 3.26. The minimum Gasteiger partial charge on any atom is -0.479 e. The molecule has 0 saturated carbocycles. The summed E-state index contributed by atoms with van der Waals surface area (Å²) in [5.41, 5.74) is 5.94. The fraction of sp³-hybridized carbons (Fsp3) is 0.125. The Kier molecular flexibility index (Phi) is 5.01. The van der Waals surface area contributed by atoms with Gasteiger partial charge in [-0.1, -0.05) is 12.1 Å². The molecule has 0 bridgehead atoms. The van der Waals surface area contributed by atoms with Crippen molar-refractivity contribution in [2.24, 2.45) is 7.05 Å².